The van der Waals surface area contributed by atoms with Gasteiger partial charge in [-0.15, -0.1) is 0 Å². The number of fused-ring (bicyclic) bond motifs is 2. The van der Waals surface area contributed by atoms with Crippen molar-refractivity contribution in [2.75, 3.05) is 17.2 Å². The number of aromatic amines is 1. The van der Waals surface area contributed by atoms with Gasteiger partial charge in [0.25, 0.3) is 0 Å². The van der Waals surface area contributed by atoms with Gasteiger partial charge in [-0.1, -0.05) is 0 Å². The molecule has 3 aromatic carbocycles. The van der Waals surface area contributed by atoms with Crippen LogP contribution in [-0.2, 0) is 12.6 Å². The van der Waals surface area contributed by atoms with Crippen molar-refractivity contribution in [2.24, 2.45) is 0 Å². The van der Waals surface area contributed by atoms with Gasteiger partial charge >= 0.3 is 6.18 Å². The molecule has 0 bridgehead atoms. The summed E-state index contributed by atoms with van der Waals surface area (Å²) in [5.74, 6) is 1.79. The SMILES string of the molecule is FC(F)(F)c1cc(Br)c2nc(Nc3ccc(Oc4ccc5c(c4)CCN5)cc3)[nH]c2c1. The lowest BCUT2D eigenvalue weighted by atomic mass is 10.1. The van der Waals surface area contributed by atoms with Crippen LogP contribution in [0.5, 0.6) is 11.5 Å². The van der Waals surface area contributed by atoms with Crippen LogP contribution in [0, 0.1) is 0 Å². The van der Waals surface area contributed by atoms with Gasteiger partial charge in [0, 0.05) is 22.4 Å². The molecule has 0 radical (unpaired) electrons. The third kappa shape index (κ3) is 4.05. The molecule has 158 valence electrons. The Morgan fingerprint density at radius 2 is 1.77 bits per heavy atom. The van der Waals surface area contributed by atoms with Crippen LogP contribution in [0.15, 0.2) is 59.1 Å². The molecule has 1 aromatic heterocycles. The van der Waals surface area contributed by atoms with E-state index in [1.54, 1.807) is 0 Å². The van der Waals surface area contributed by atoms with Gasteiger partial charge in [-0.25, -0.2) is 4.98 Å². The molecule has 0 saturated heterocycles. The molecule has 0 fully saturated rings. The highest BCUT2D eigenvalue weighted by Crippen LogP contribution is 2.35. The molecule has 1 aliphatic rings. The smallest absolute Gasteiger partial charge is 0.416 e. The summed E-state index contributed by atoms with van der Waals surface area (Å²) in [5, 5.41) is 6.39. The number of nitrogens with zero attached hydrogens (tertiary/aromatic N) is 1. The van der Waals surface area contributed by atoms with E-state index >= 15 is 0 Å². The number of nitrogens with one attached hydrogen (secondary N) is 3. The van der Waals surface area contributed by atoms with E-state index in [1.807, 2.05) is 42.5 Å². The summed E-state index contributed by atoms with van der Waals surface area (Å²) >= 11 is 3.17. The molecule has 0 spiro atoms. The summed E-state index contributed by atoms with van der Waals surface area (Å²) in [7, 11) is 0. The number of hydrogen-bond acceptors (Lipinski definition) is 4. The zero-order valence-corrected chi connectivity index (χ0v) is 17.6. The highest BCUT2D eigenvalue weighted by atomic mass is 79.9. The van der Waals surface area contributed by atoms with E-state index in [0.29, 0.717) is 17.2 Å². The molecule has 2 heterocycles. The molecule has 9 heteroatoms. The molecule has 3 N–H and O–H groups in total. The van der Waals surface area contributed by atoms with Crippen molar-refractivity contribution in [3.8, 4) is 11.5 Å². The molecule has 31 heavy (non-hydrogen) atoms. The van der Waals surface area contributed by atoms with Crippen molar-refractivity contribution in [3.05, 3.63) is 70.2 Å². The second kappa shape index (κ2) is 7.49. The molecule has 1 aliphatic heterocycles. The van der Waals surface area contributed by atoms with Gasteiger partial charge < -0.3 is 20.4 Å². The Kier molecular flexibility index (Phi) is 4.77. The zero-order valence-electron chi connectivity index (χ0n) is 16.0. The molecule has 0 saturated carbocycles. The minimum absolute atomic E-state index is 0.273. The molecular formula is C22H16BrF3N4O. The van der Waals surface area contributed by atoms with E-state index in [2.05, 4.69) is 36.5 Å². The quantitative estimate of drug-likeness (QED) is 0.294. The zero-order chi connectivity index (χ0) is 21.6. The van der Waals surface area contributed by atoms with Gasteiger partial charge in [0.15, 0.2) is 0 Å². The standard InChI is InChI=1S/C22H16BrF3N4O/c23-17-10-13(22(24,25)26)11-19-20(17)30-21(29-19)28-14-1-3-15(4-2-14)31-16-5-6-18-12(9-16)7-8-27-18/h1-6,9-11,27H,7-8H2,(H2,28,29,30). The van der Waals surface area contributed by atoms with Crippen molar-refractivity contribution >= 4 is 44.3 Å². The van der Waals surface area contributed by atoms with Crippen LogP contribution in [0.2, 0.25) is 0 Å². The number of alkyl halides is 3. The largest absolute Gasteiger partial charge is 0.457 e. The second-order valence-electron chi connectivity index (χ2n) is 7.18. The van der Waals surface area contributed by atoms with Gasteiger partial charge in [-0.05, 0) is 82.5 Å². The molecule has 0 unspecified atom stereocenters. The Hall–Kier alpha value is -3.20. The lowest BCUT2D eigenvalue weighted by Gasteiger charge is -2.09. The number of imidazole rings is 1. The van der Waals surface area contributed by atoms with Crippen molar-refractivity contribution in [2.45, 2.75) is 12.6 Å². The molecule has 5 rings (SSSR count). The average molecular weight is 489 g/mol. The molecule has 0 amide bonds. The minimum Gasteiger partial charge on any atom is -0.457 e. The Labute approximate surface area is 183 Å². The third-order valence-corrected chi connectivity index (χ3v) is 5.61. The van der Waals surface area contributed by atoms with E-state index in [9.17, 15) is 13.2 Å². The Morgan fingerprint density at radius 3 is 2.55 bits per heavy atom. The van der Waals surface area contributed by atoms with Crippen LogP contribution >= 0.6 is 15.9 Å². The van der Waals surface area contributed by atoms with E-state index < -0.39 is 11.7 Å². The van der Waals surface area contributed by atoms with Gasteiger partial charge in [0.1, 0.15) is 17.0 Å². The molecule has 0 aliphatic carbocycles. The van der Waals surface area contributed by atoms with E-state index in [-0.39, 0.29) is 9.99 Å². The van der Waals surface area contributed by atoms with Crippen LogP contribution in [0.3, 0.4) is 0 Å². The fraction of sp³-hybridized carbons (Fsp3) is 0.136. The Balaban J connectivity index is 1.32. The van der Waals surface area contributed by atoms with Gasteiger partial charge in [-0.3, -0.25) is 0 Å². The van der Waals surface area contributed by atoms with Crippen LogP contribution in [0.25, 0.3) is 11.0 Å². The summed E-state index contributed by atoms with van der Waals surface area (Å²) in [6.45, 7) is 0.940. The minimum atomic E-state index is -4.43. The predicted octanol–water partition coefficient (Wildman–Crippen LogP) is 6.85. The van der Waals surface area contributed by atoms with Crippen molar-refractivity contribution < 1.29 is 17.9 Å². The normalized spacial score (nSPS) is 13.2. The first-order valence-corrected chi connectivity index (χ1v) is 10.3. The first kappa shape index (κ1) is 19.7. The summed E-state index contributed by atoms with van der Waals surface area (Å²) in [6.07, 6.45) is -3.45. The van der Waals surface area contributed by atoms with Gasteiger partial charge in [-0.2, -0.15) is 13.2 Å². The summed E-state index contributed by atoms with van der Waals surface area (Å²) in [4.78, 5) is 7.22. The first-order chi connectivity index (χ1) is 14.8. The number of hydrogen-bond donors (Lipinski definition) is 3. The van der Waals surface area contributed by atoms with E-state index in [0.717, 1.165) is 42.2 Å². The lowest BCUT2D eigenvalue weighted by Crippen LogP contribution is -2.04. The van der Waals surface area contributed by atoms with Gasteiger partial charge in [0.05, 0.1) is 11.1 Å². The summed E-state index contributed by atoms with van der Waals surface area (Å²) in [6, 6.07) is 15.3. The van der Waals surface area contributed by atoms with E-state index in [4.69, 9.17) is 4.74 Å². The maximum Gasteiger partial charge on any atom is 0.416 e. The molecular weight excluding hydrogens is 473 g/mol. The van der Waals surface area contributed by atoms with Crippen molar-refractivity contribution in [3.63, 3.8) is 0 Å². The molecule has 4 aromatic rings. The predicted molar refractivity (Wildman–Crippen MR) is 117 cm³/mol. The maximum absolute atomic E-state index is 13.0. The summed E-state index contributed by atoms with van der Waals surface area (Å²) in [5.41, 5.74) is 3.06. The number of aromatic nitrogens is 2. The number of H-pyrrole nitrogens is 1. The number of ether oxygens (including phenoxy) is 1. The van der Waals surface area contributed by atoms with Crippen molar-refractivity contribution in [1.29, 1.82) is 0 Å². The van der Waals surface area contributed by atoms with Crippen molar-refractivity contribution in [1.82, 2.24) is 9.97 Å². The molecule has 0 atom stereocenters. The highest BCUT2D eigenvalue weighted by Gasteiger charge is 2.31. The van der Waals surface area contributed by atoms with E-state index in [1.165, 1.54) is 5.56 Å². The second-order valence-corrected chi connectivity index (χ2v) is 8.04. The highest BCUT2D eigenvalue weighted by molar-refractivity contribution is 9.10. The maximum atomic E-state index is 13.0. The van der Waals surface area contributed by atoms with Crippen LogP contribution < -0.4 is 15.4 Å². The van der Waals surface area contributed by atoms with Gasteiger partial charge in [0.2, 0.25) is 5.95 Å². The third-order valence-electron chi connectivity index (χ3n) is 5.01. The number of anilines is 3. The number of halogens is 4. The Morgan fingerprint density at radius 1 is 1.00 bits per heavy atom. The number of rotatable bonds is 4. The summed E-state index contributed by atoms with van der Waals surface area (Å²) < 4.78 is 45.3. The average Bonchev–Trinajstić information content (AvgIpc) is 3.35. The Bertz CT molecular complexity index is 1270. The lowest BCUT2D eigenvalue weighted by molar-refractivity contribution is -0.137. The van der Waals surface area contributed by atoms with Crippen LogP contribution in [0.1, 0.15) is 11.1 Å². The molecule has 5 nitrogen and oxygen atoms in total. The number of benzene rings is 3. The fourth-order valence-corrected chi connectivity index (χ4v) is 4.07. The van der Waals surface area contributed by atoms with Crippen LogP contribution in [-0.4, -0.2) is 16.5 Å². The topological polar surface area (TPSA) is 62.0 Å². The fourth-order valence-electron chi connectivity index (χ4n) is 3.52. The van der Waals surface area contributed by atoms with Crippen LogP contribution in [0.4, 0.5) is 30.5 Å². The first-order valence-electron chi connectivity index (χ1n) is 9.53. The monoisotopic (exact) mass is 488 g/mol.